The maximum Gasteiger partial charge on any atom is 0.261 e. The molecule has 9 heteroatoms. The second-order valence-electron chi connectivity index (χ2n) is 5.53. The highest BCUT2D eigenvalue weighted by atomic mass is 35.5. The standard InChI is InChI=1S/C18H14ClFN2O3S2/c19-17-9-8-15(26-17)11-21-18(23)12-2-1-3-16(10-12)27(24,25)22-14-6-4-13(20)5-7-14/h1-10,22H,11H2,(H,21,23). The van der Waals surface area contributed by atoms with Gasteiger partial charge in [0.2, 0.25) is 0 Å². The molecular formula is C18H14ClFN2O3S2. The van der Waals surface area contributed by atoms with E-state index < -0.39 is 21.7 Å². The Kier molecular flexibility index (Phi) is 5.79. The van der Waals surface area contributed by atoms with Crippen LogP contribution in [0.3, 0.4) is 0 Å². The summed E-state index contributed by atoms with van der Waals surface area (Å²) in [6.45, 7) is 0.293. The summed E-state index contributed by atoms with van der Waals surface area (Å²) in [4.78, 5) is 13.1. The molecule has 140 valence electrons. The molecule has 5 nitrogen and oxygen atoms in total. The lowest BCUT2D eigenvalue weighted by Crippen LogP contribution is -2.23. The minimum absolute atomic E-state index is 0.0707. The smallest absolute Gasteiger partial charge is 0.261 e. The number of hydrogen-bond donors (Lipinski definition) is 2. The largest absolute Gasteiger partial charge is 0.347 e. The SMILES string of the molecule is O=C(NCc1ccc(Cl)s1)c1cccc(S(=O)(=O)Nc2ccc(F)cc2)c1. The minimum Gasteiger partial charge on any atom is -0.347 e. The number of halogens is 2. The summed E-state index contributed by atoms with van der Waals surface area (Å²) >= 11 is 7.20. The van der Waals surface area contributed by atoms with Crippen LogP contribution in [0.5, 0.6) is 0 Å². The third-order valence-corrected chi connectivity index (χ3v) is 6.17. The number of anilines is 1. The van der Waals surface area contributed by atoms with Gasteiger partial charge in [0.05, 0.1) is 15.8 Å². The number of amides is 1. The molecule has 0 saturated heterocycles. The van der Waals surface area contributed by atoms with E-state index >= 15 is 0 Å². The molecule has 0 unspecified atom stereocenters. The van der Waals surface area contributed by atoms with Crippen molar-refractivity contribution < 1.29 is 17.6 Å². The molecule has 0 aliphatic heterocycles. The van der Waals surface area contributed by atoms with Crippen molar-refractivity contribution in [1.29, 1.82) is 0 Å². The fourth-order valence-corrected chi connectivity index (χ4v) is 4.38. The molecule has 3 aromatic rings. The van der Waals surface area contributed by atoms with E-state index in [4.69, 9.17) is 11.6 Å². The second kappa shape index (κ2) is 8.08. The monoisotopic (exact) mass is 424 g/mol. The zero-order valence-electron chi connectivity index (χ0n) is 13.8. The first-order valence-electron chi connectivity index (χ1n) is 7.74. The van der Waals surface area contributed by atoms with Gasteiger partial charge in [-0.3, -0.25) is 9.52 Å². The highest BCUT2D eigenvalue weighted by Crippen LogP contribution is 2.21. The maximum absolute atomic E-state index is 13.0. The second-order valence-corrected chi connectivity index (χ2v) is 9.01. The van der Waals surface area contributed by atoms with Crippen LogP contribution in [-0.2, 0) is 16.6 Å². The van der Waals surface area contributed by atoms with Gasteiger partial charge in [-0.15, -0.1) is 11.3 Å². The predicted octanol–water partition coefficient (Wildman–Crippen LogP) is 4.27. The van der Waals surface area contributed by atoms with Crippen LogP contribution in [0.4, 0.5) is 10.1 Å². The molecular weight excluding hydrogens is 411 g/mol. The van der Waals surface area contributed by atoms with Crippen LogP contribution >= 0.6 is 22.9 Å². The van der Waals surface area contributed by atoms with Crippen molar-refractivity contribution in [1.82, 2.24) is 5.32 Å². The van der Waals surface area contributed by atoms with E-state index in [0.29, 0.717) is 10.9 Å². The van der Waals surface area contributed by atoms with Crippen molar-refractivity contribution in [3.05, 3.63) is 81.3 Å². The highest BCUT2D eigenvalue weighted by molar-refractivity contribution is 7.92. The quantitative estimate of drug-likeness (QED) is 0.620. The first-order valence-corrected chi connectivity index (χ1v) is 10.4. The first-order chi connectivity index (χ1) is 12.8. The average molecular weight is 425 g/mol. The van der Waals surface area contributed by atoms with E-state index in [9.17, 15) is 17.6 Å². The summed E-state index contributed by atoms with van der Waals surface area (Å²) in [7, 11) is -3.91. The topological polar surface area (TPSA) is 75.3 Å². The molecule has 0 atom stereocenters. The summed E-state index contributed by atoms with van der Waals surface area (Å²) in [6, 6.07) is 14.1. The van der Waals surface area contributed by atoms with Crippen LogP contribution in [0.2, 0.25) is 4.34 Å². The Bertz CT molecular complexity index is 1070. The summed E-state index contributed by atoms with van der Waals surface area (Å²) in [5, 5.41) is 2.72. The number of rotatable bonds is 6. The van der Waals surface area contributed by atoms with Crippen LogP contribution < -0.4 is 10.0 Å². The highest BCUT2D eigenvalue weighted by Gasteiger charge is 2.16. The molecule has 0 aliphatic carbocycles. The van der Waals surface area contributed by atoms with Crippen molar-refractivity contribution in [3.63, 3.8) is 0 Å². The van der Waals surface area contributed by atoms with Crippen molar-refractivity contribution in [3.8, 4) is 0 Å². The molecule has 2 aromatic carbocycles. The number of thiophene rings is 1. The van der Waals surface area contributed by atoms with Gasteiger partial charge in [-0.05, 0) is 54.6 Å². The van der Waals surface area contributed by atoms with Crippen LogP contribution in [0.25, 0.3) is 0 Å². The van der Waals surface area contributed by atoms with Gasteiger partial charge in [0.15, 0.2) is 0 Å². The lowest BCUT2D eigenvalue weighted by atomic mass is 10.2. The van der Waals surface area contributed by atoms with Crippen molar-refractivity contribution in [2.75, 3.05) is 4.72 Å². The maximum atomic E-state index is 13.0. The Morgan fingerprint density at radius 1 is 1.07 bits per heavy atom. The number of benzene rings is 2. The Morgan fingerprint density at radius 3 is 2.48 bits per heavy atom. The molecule has 1 heterocycles. The van der Waals surface area contributed by atoms with Crippen molar-refractivity contribution >= 4 is 44.6 Å². The van der Waals surface area contributed by atoms with Gasteiger partial charge in [0, 0.05) is 16.1 Å². The molecule has 3 rings (SSSR count). The summed E-state index contributed by atoms with van der Waals surface area (Å²) in [5.74, 6) is -0.873. The number of hydrogen-bond acceptors (Lipinski definition) is 4. The van der Waals surface area contributed by atoms with Gasteiger partial charge in [-0.1, -0.05) is 17.7 Å². The summed E-state index contributed by atoms with van der Waals surface area (Å²) < 4.78 is 40.9. The van der Waals surface area contributed by atoms with Gasteiger partial charge < -0.3 is 5.32 Å². The molecule has 0 spiro atoms. The molecule has 0 aliphatic rings. The fourth-order valence-electron chi connectivity index (χ4n) is 2.25. The summed E-state index contributed by atoms with van der Waals surface area (Å²) in [6.07, 6.45) is 0. The number of carbonyl (C=O) groups is 1. The molecule has 0 saturated carbocycles. The molecule has 27 heavy (non-hydrogen) atoms. The summed E-state index contributed by atoms with van der Waals surface area (Å²) in [5.41, 5.74) is 0.431. The van der Waals surface area contributed by atoms with Gasteiger partial charge in [-0.25, -0.2) is 12.8 Å². The van der Waals surface area contributed by atoms with E-state index in [-0.39, 0.29) is 16.1 Å². The Morgan fingerprint density at radius 2 is 1.81 bits per heavy atom. The fraction of sp³-hybridized carbons (Fsp3) is 0.0556. The van der Waals surface area contributed by atoms with Crippen LogP contribution in [0.15, 0.2) is 65.6 Å². The Hall–Kier alpha value is -2.42. The lowest BCUT2D eigenvalue weighted by Gasteiger charge is -2.10. The van der Waals surface area contributed by atoms with E-state index in [1.54, 1.807) is 12.1 Å². The van der Waals surface area contributed by atoms with E-state index in [1.165, 1.54) is 47.7 Å². The average Bonchev–Trinajstić information content (AvgIpc) is 3.07. The Balaban J connectivity index is 1.73. The zero-order chi connectivity index (χ0) is 19.4. The lowest BCUT2D eigenvalue weighted by molar-refractivity contribution is 0.0951. The Labute approximate surface area is 164 Å². The molecule has 2 N–H and O–H groups in total. The van der Waals surface area contributed by atoms with Gasteiger partial charge in [0.25, 0.3) is 15.9 Å². The third-order valence-electron chi connectivity index (χ3n) is 3.55. The van der Waals surface area contributed by atoms with E-state index in [1.807, 2.05) is 0 Å². The van der Waals surface area contributed by atoms with E-state index in [2.05, 4.69) is 10.0 Å². The molecule has 0 bridgehead atoms. The normalized spacial score (nSPS) is 11.2. The van der Waals surface area contributed by atoms with Crippen molar-refractivity contribution in [2.24, 2.45) is 0 Å². The van der Waals surface area contributed by atoms with Crippen LogP contribution in [0, 0.1) is 5.82 Å². The molecule has 1 amide bonds. The van der Waals surface area contributed by atoms with Gasteiger partial charge in [0.1, 0.15) is 5.82 Å². The number of carbonyl (C=O) groups excluding carboxylic acids is 1. The van der Waals surface area contributed by atoms with E-state index in [0.717, 1.165) is 17.0 Å². The van der Waals surface area contributed by atoms with Crippen LogP contribution in [-0.4, -0.2) is 14.3 Å². The first kappa shape index (κ1) is 19.3. The molecule has 0 radical (unpaired) electrons. The molecule has 0 fully saturated rings. The van der Waals surface area contributed by atoms with Gasteiger partial charge in [-0.2, -0.15) is 0 Å². The third kappa shape index (κ3) is 5.06. The molecule has 1 aromatic heterocycles. The predicted molar refractivity (Wildman–Crippen MR) is 104 cm³/mol. The van der Waals surface area contributed by atoms with Crippen molar-refractivity contribution in [2.45, 2.75) is 11.4 Å². The van der Waals surface area contributed by atoms with Crippen LogP contribution in [0.1, 0.15) is 15.2 Å². The zero-order valence-corrected chi connectivity index (χ0v) is 16.2. The van der Waals surface area contributed by atoms with Gasteiger partial charge >= 0.3 is 0 Å². The minimum atomic E-state index is -3.91. The number of nitrogens with one attached hydrogen (secondary N) is 2. The number of sulfonamides is 1.